The molecule has 0 saturated heterocycles. The zero-order valence-electron chi connectivity index (χ0n) is 10.2. The number of carbonyl (C=O) groups excluding carboxylic acids is 1. The third-order valence-corrected chi connectivity index (χ3v) is 2.10. The first-order valence-electron chi connectivity index (χ1n) is 5.36. The van der Waals surface area contributed by atoms with Crippen molar-refractivity contribution in [2.24, 2.45) is 5.73 Å². The molecule has 0 bridgehead atoms. The van der Waals surface area contributed by atoms with Crippen molar-refractivity contribution in [2.75, 3.05) is 13.7 Å². The lowest BCUT2D eigenvalue weighted by Crippen LogP contribution is -2.23. The van der Waals surface area contributed by atoms with Crippen molar-refractivity contribution in [1.29, 1.82) is 0 Å². The van der Waals surface area contributed by atoms with Gasteiger partial charge in [0.15, 0.2) is 0 Å². The molecule has 18 heavy (non-hydrogen) atoms. The Morgan fingerprint density at radius 2 is 2.06 bits per heavy atom. The van der Waals surface area contributed by atoms with E-state index < -0.39 is 5.97 Å². The van der Waals surface area contributed by atoms with Gasteiger partial charge in [0.25, 0.3) is 0 Å². The molecule has 5 heteroatoms. The van der Waals surface area contributed by atoms with Crippen LogP contribution in [-0.2, 0) is 20.9 Å². The molecule has 0 aliphatic rings. The number of ether oxygens (including phenoxy) is 2. The molecule has 100 valence electrons. The van der Waals surface area contributed by atoms with Crippen LogP contribution in [0.2, 0.25) is 0 Å². The highest BCUT2D eigenvalue weighted by atomic mass is 35.5. The van der Waals surface area contributed by atoms with E-state index in [2.05, 4.69) is 4.74 Å². The quantitative estimate of drug-likeness (QED) is 0.632. The van der Waals surface area contributed by atoms with E-state index in [1.165, 1.54) is 13.2 Å². The molecule has 1 aromatic rings. The van der Waals surface area contributed by atoms with Crippen LogP contribution in [0.5, 0.6) is 0 Å². The molecule has 0 saturated carbocycles. The second kappa shape index (κ2) is 9.65. The van der Waals surface area contributed by atoms with Crippen LogP contribution in [0, 0.1) is 0 Å². The van der Waals surface area contributed by atoms with Gasteiger partial charge in [-0.3, -0.25) is 0 Å². The summed E-state index contributed by atoms with van der Waals surface area (Å²) >= 11 is 0. The number of methoxy groups -OCH3 is 1. The largest absolute Gasteiger partial charge is 0.466 e. The van der Waals surface area contributed by atoms with Gasteiger partial charge >= 0.3 is 5.97 Å². The maximum absolute atomic E-state index is 10.8. The summed E-state index contributed by atoms with van der Waals surface area (Å²) in [4.78, 5) is 10.8. The molecule has 0 spiro atoms. The molecule has 2 N–H and O–H groups in total. The normalized spacial score (nSPS) is 11.9. The number of rotatable bonds is 6. The Hall–Kier alpha value is -1.36. The van der Waals surface area contributed by atoms with Crippen LogP contribution in [0.4, 0.5) is 0 Å². The maximum Gasteiger partial charge on any atom is 0.330 e. The van der Waals surface area contributed by atoms with Gasteiger partial charge in [0.1, 0.15) is 0 Å². The lowest BCUT2D eigenvalue weighted by Gasteiger charge is -2.07. The number of nitrogens with two attached hydrogens (primary N) is 1. The van der Waals surface area contributed by atoms with E-state index in [4.69, 9.17) is 10.5 Å². The maximum atomic E-state index is 10.8. The van der Waals surface area contributed by atoms with E-state index in [1.807, 2.05) is 30.3 Å². The van der Waals surface area contributed by atoms with Crippen molar-refractivity contribution in [2.45, 2.75) is 12.6 Å². The predicted octanol–water partition coefficient (Wildman–Crippen LogP) is 1.68. The van der Waals surface area contributed by atoms with Gasteiger partial charge in [-0.2, -0.15) is 0 Å². The van der Waals surface area contributed by atoms with Gasteiger partial charge in [-0.1, -0.05) is 36.4 Å². The van der Waals surface area contributed by atoms with Gasteiger partial charge in [-0.25, -0.2) is 4.79 Å². The van der Waals surface area contributed by atoms with E-state index in [9.17, 15) is 4.79 Å². The van der Waals surface area contributed by atoms with Gasteiger partial charge in [0, 0.05) is 12.1 Å². The Bertz CT molecular complexity index is 368. The van der Waals surface area contributed by atoms with Crippen LogP contribution in [0.15, 0.2) is 42.5 Å². The fraction of sp³-hybridized carbons (Fsp3) is 0.308. The SMILES string of the molecule is COC(=O)C=CC(N)COCc1ccccc1.Cl. The molecule has 1 atom stereocenters. The average molecular weight is 272 g/mol. The molecule has 0 radical (unpaired) electrons. The predicted molar refractivity (Wildman–Crippen MR) is 72.5 cm³/mol. The molecular formula is C13H18ClNO3. The Morgan fingerprint density at radius 1 is 1.39 bits per heavy atom. The molecule has 0 aliphatic heterocycles. The lowest BCUT2D eigenvalue weighted by molar-refractivity contribution is -0.134. The average Bonchev–Trinajstić information content (AvgIpc) is 2.37. The Labute approximate surface area is 113 Å². The summed E-state index contributed by atoms with van der Waals surface area (Å²) in [6.45, 7) is 0.878. The Kier molecular flexibility index (Phi) is 8.92. The first-order chi connectivity index (χ1) is 8.22. The van der Waals surface area contributed by atoms with Crippen molar-refractivity contribution in [3.8, 4) is 0 Å². The number of esters is 1. The van der Waals surface area contributed by atoms with Crippen LogP contribution in [0.1, 0.15) is 5.56 Å². The zero-order chi connectivity index (χ0) is 12.5. The van der Waals surface area contributed by atoms with Gasteiger partial charge < -0.3 is 15.2 Å². The highest BCUT2D eigenvalue weighted by Gasteiger charge is 2.00. The summed E-state index contributed by atoms with van der Waals surface area (Å²) in [5.74, 6) is -0.413. The minimum Gasteiger partial charge on any atom is -0.466 e. The Morgan fingerprint density at radius 3 is 2.67 bits per heavy atom. The molecule has 0 aliphatic carbocycles. The highest BCUT2D eigenvalue weighted by molar-refractivity contribution is 5.85. The molecule has 4 nitrogen and oxygen atoms in total. The molecule has 0 fully saturated rings. The van der Waals surface area contributed by atoms with Crippen LogP contribution < -0.4 is 5.73 Å². The topological polar surface area (TPSA) is 61.5 Å². The summed E-state index contributed by atoms with van der Waals surface area (Å²) in [6.07, 6.45) is 2.87. The summed E-state index contributed by atoms with van der Waals surface area (Å²) < 4.78 is 9.87. The summed E-state index contributed by atoms with van der Waals surface area (Å²) in [7, 11) is 1.32. The standard InChI is InChI=1S/C13H17NO3.ClH/c1-16-13(15)8-7-12(14)10-17-9-11-5-3-2-4-6-11;/h2-8,12H,9-10,14H2,1H3;1H. The van der Waals surface area contributed by atoms with E-state index >= 15 is 0 Å². The summed E-state index contributed by atoms with van der Waals surface area (Å²) in [5.41, 5.74) is 6.82. The molecule has 0 amide bonds. The van der Waals surface area contributed by atoms with Crippen LogP contribution in [0.3, 0.4) is 0 Å². The fourth-order valence-corrected chi connectivity index (χ4v) is 1.21. The zero-order valence-corrected chi connectivity index (χ0v) is 11.1. The number of carbonyl (C=O) groups is 1. The molecule has 0 aromatic heterocycles. The molecule has 1 rings (SSSR count). The van der Waals surface area contributed by atoms with Crippen molar-refractivity contribution < 1.29 is 14.3 Å². The van der Waals surface area contributed by atoms with Gasteiger partial charge in [-0.05, 0) is 5.56 Å². The lowest BCUT2D eigenvalue weighted by atomic mass is 10.2. The van der Waals surface area contributed by atoms with Crippen LogP contribution >= 0.6 is 12.4 Å². The Balaban J connectivity index is 0.00000289. The van der Waals surface area contributed by atoms with Gasteiger partial charge in [0.2, 0.25) is 0 Å². The minimum atomic E-state index is -0.413. The van der Waals surface area contributed by atoms with Gasteiger partial charge in [-0.15, -0.1) is 12.4 Å². The number of halogens is 1. The fourth-order valence-electron chi connectivity index (χ4n) is 1.21. The third kappa shape index (κ3) is 7.06. The second-order valence-electron chi connectivity index (χ2n) is 3.55. The first kappa shape index (κ1) is 16.6. The van der Waals surface area contributed by atoms with E-state index in [0.717, 1.165) is 5.56 Å². The van der Waals surface area contributed by atoms with E-state index in [1.54, 1.807) is 6.08 Å². The van der Waals surface area contributed by atoms with Gasteiger partial charge in [0.05, 0.1) is 20.3 Å². The van der Waals surface area contributed by atoms with Crippen molar-refractivity contribution in [3.63, 3.8) is 0 Å². The van der Waals surface area contributed by atoms with E-state index in [-0.39, 0.29) is 18.4 Å². The minimum absolute atomic E-state index is 0. The van der Waals surface area contributed by atoms with Crippen molar-refractivity contribution in [3.05, 3.63) is 48.0 Å². The second-order valence-corrected chi connectivity index (χ2v) is 3.55. The molecular weight excluding hydrogens is 254 g/mol. The van der Waals surface area contributed by atoms with Crippen LogP contribution in [0.25, 0.3) is 0 Å². The highest BCUT2D eigenvalue weighted by Crippen LogP contribution is 2.00. The monoisotopic (exact) mass is 271 g/mol. The number of hydrogen-bond acceptors (Lipinski definition) is 4. The molecule has 1 aromatic carbocycles. The third-order valence-electron chi connectivity index (χ3n) is 2.10. The van der Waals surface area contributed by atoms with Crippen LogP contribution in [-0.4, -0.2) is 25.7 Å². The van der Waals surface area contributed by atoms with Crippen molar-refractivity contribution >= 4 is 18.4 Å². The van der Waals surface area contributed by atoms with E-state index in [0.29, 0.717) is 13.2 Å². The first-order valence-corrected chi connectivity index (χ1v) is 5.36. The number of benzene rings is 1. The molecule has 1 unspecified atom stereocenters. The summed E-state index contributed by atoms with van der Waals surface area (Å²) in [6, 6.07) is 9.52. The molecule has 0 heterocycles. The number of hydrogen-bond donors (Lipinski definition) is 1. The van der Waals surface area contributed by atoms with Crippen molar-refractivity contribution in [1.82, 2.24) is 0 Å². The smallest absolute Gasteiger partial charge is 0.330 e. The summed E-state index contributed by atoms with van der Waals surface area (Å²) in [5, 5.41) is 0.